The number of likely N-dealkylation sites (tertiary alicyclic amines) is 1. The lowest BCUT2D eigenvalue weighted by atomic mass is 9.99. The highest BCUT2D eigenvalue weighted by Gasteiger charge is 2.28. The zero-order valence-corrected chi connectivity index (χ0v) is 14.4. The van der Waals surface area contributed by atoms with Gasteiger partial charge in [-0.3, -0.25) is 14.6 Å². The number of thioether (sulfide) groups is 1. The van der Waals surface area contributed by atoms with Crippen molar-refractivity contribution in [3.63, 3.8) is 0 Å². The first kappa shape index (κ1) is 16.7. The number of aryl methyl sites for hydroxylation is 1. The lowest BCUT2D eigenvalue weighted by Crippen LogP contribution is -2.39. The molecule has 0 spiro atoms. The van der Waals surface area contributed by atoms with Gasteiger partial charge in [0.2, 0.25) is 5.91 Å². The molecule has 0 bridgehead atoms. The van der Waals surface area contributed by atoms with Crippen LogP contribution in [-0.2, 0) is 4.79 Å². The number of pyridine rings is 1. The first-order valence-corrected chi connectivity index (χ1v) is 9.03. The molecule has 1 amide bonds. The minimum atomic E-state index is -0.193. The van der Waals surface area contributed by atoms with Crippen molar-refractivity contribution in [2.24, 2.45) is 0 Å². The standard InChI is InChI=1S/C17H20N4O2S/c1-12-10-15(22)20-17(19-12)24-11-16(23)21-9-5-3-7-14(21)13-6-2-4-8-18-13/h2,4,6,8,10,14H,3,5,7,9,11H2,1H3,(H,19,20,22)/t14-/m1/s1. The van der Waals surface area contributed by atoms with Crippen LogP contribution in [-0.4, -0.2) is 38.1 Å². The zero-order chi connectivity index (χ0) is 16.9. The molecule has 6 nitrogen and oxygen atoms in total. The number of H-pyrrole nitrogens is 1. The van der Waals surface area contributed by atoms with Gasteiger partial charge in [-0.05, 0) is 38.3 Å². The van der Waals surface area contributed by atoms with Gasteiger partial charge in [-0.2, -0.15) is 0 Å². The minimum Gasteiger partial charge on any atom is -0.333 e. The second-order valence-corrected chi connectivity index (χ2v) is 6.80. The Hall–Kier alpha value is -2.15. The Labute approximate surface area is 144 Å². The summed E-state index contributed by atoms with van der Waals surface area (Å²) in [5.74, 6) is 0.315. The molecule has 0 saturated carbocycles. The van der Waals surface area contributed by atoms with Crippen LogP contribution >= 0.6 is 11.8 Å². The molecule has 1 fully saturated rings. The molecular formula is C17H20N4O2S. The van der Waals surface area contributed by atoms with E-state index in [-0.39, 0.29) is 23.3 Å². The van der Waals surface area contributed by atoms with Gasteiger partial charge < -0.3 is 9.88 Å². The fourth-order valence-corrected chi connectivity index (χ4v) is 3.75. The molecule has 0 unspecified atom stereocenters. The molecular weight excluding hydrogens is 324 g/mol. The lowest BCUT2D eigenvalue weighted by Gasteiger charge is -2.35. The summed E-state index contributed by atoms with van der Waals surface area (Å²) in [5.41, 5.74) is 1.40. The van der Waals surface area contributed by atoms with Gasteiger partial charge in [0.25, 0.3) is 5.56 Å². The topological polar surface area (TPSA) is 79.0 Å². The van der Waals surface area contributed by atoms with E-state index in [1.165, 1.54) is 17.8 Å². The molecule has 1 atom stereocenters. The van der Waals surface area contributed by atoms with Gasteiger partial charge in [-0.25, -0.2) is 4.98 Å². The van der Waals surface area contributed by atoms with Gasteiger partial charge in [0.05, 0.1) is 17.5 Å². The van der Waals surface area contributed by atoms with Crippen molar-refractivity contribution < 1.29 is 4.79 Å². The van der Waals surface area contributed by atoms with Crippen molar-refractivity contribution in [3.8, 4) is 0 Å². The summed E-state index contributed by atoms with van der Waals surface area (Å²) in [7, 11) is 0. The maximum Gasteiger partial charge on any atom is 0.251 e. The molecule has 0 aromatic carbocycles. The molecule has 3 heterocycles. The van der Waals surface area contributed by atoms with E-state index in [0.29, 0.717) is 10.9 Å². The van der Waals surface area contributed by atoms with Gasteiger partial charge in [-0.1, -0.05) is 17.8 Å². The Morgan fingerprint density at radius 2 is 2.29 bits per heavy atom. The van der Waals surface area contributed by atoms with Crippen molar-refractivity contribution in [1.82, 2.24) is 19.9 Å². The van der Waals surface area contributed by atoms with Crippen LogP contribution in [0.25, 0.3) is 0 Å². The highest BCUT2D eigenvalue weighted by molar-refractivity contribution is 7.99. The first-order valence-electron chi connectivity index (χ1n) is 8.04. The predicted molar refractivity (Wildman–Crippen MR) is 92.9 cm³/mol. The number of hydrogen-bond donors (Lipinski definition) is 1. The van der Waals surface area contributed by atoms with Crippen molar-refractivity contribution in [3.05, 3.63) is 52.2 Å². The maximum atomic E-state index is 12.7. The third kappa shape index (κ3) is 4.03. The molecule has 2 aromatic heterocycles. The largest absolute Gasteiger partial charge is 0.333 e. The Kier molecular flexibility index (Phi) is 5.30. The quantitative estimate of drug-likeness (QED) is 0.680. The van der Waals surface area contributed by atoms with Gasteiger partial charge in [0.1, 0.15) is 0 Å². The first-order chi connectivity index (χ1) is 11.6. The van der Waals surface area contributed by atoms with E-state index in [1.54, 1.807) is 13.1 Å². The van der Waals surface area contributed by atoms with Crippen LogP contribution in [0.4, 0.5) is 0 Å². The Bertz CT molecular complexity index is 763. The van der Waals surface area contributed by atoms with Crippen LogP contribution < -0.4 is 5.56 Å². The number of amides is 1. The van der Waals surface area contributed by atoms with E-state index in [1.807, 2.05) is 23.1 Å². The molecule has 2 aromatic rings. The fraction of sp³-hybridized carbons (Fsp3) is 0.412. The molecule has 3 rings (SSSR count). The van der Waals surface area contributed by atoms with Crippen molar-refractivity contribution >= 4 is 17.7 Å². The van der Waals surface area contributed by atoms with Gasteiger partial charge in [-0.15, -0.1) is 0 Å². The average Bonchev–Trinajstić information content (AvgIpc) is 2.60. The SMILES string of the molecule is Cc1cc(=O)[nH]c(SCC(=O)N2CCCC[C@@H]2c2ccccn2)n1. The molecule has 1 N–H and O–H groups in total. The fourth-order valence-electron chi connectivity index (χ4n) is 2.94. The van der Waals surface area contributed by atoms with Crippen LogP contribution in [0.15, 0.2) is 40.4 Å². The number of carbonyl (C=O) groups is 1. The van der Waals surface area contributed by atoms with Crippen LogP contribution in [0.1, 0.15) is 36.7 Å². The molecule has 126 valence electrons. The molecule has 1 aliphatic rings. The van der Waals surface area contributed by atoms with Crippen molar-refractivity contribution in [2.75, 3.05) is 12.3 Å². The molecule has 0 aliphatic carbocycles. The van der Waals surface area contributed by atoms with E-state index in [2.05, 4.69) is 15.0 Å². The highest BCUT2D eigenvalue weighted by Crippen LogP contribution is 2.30. The second-order valence-electron chi connectivity index (χ2n) is 5.83. The Balaban J connectivity index is 1.69. The van der Waals surface area contributed by atoms with Gasteiger partial charge >= 0.3 is 0 Å². The van der Waals surface area contributed by atoms with E-state index in [0.717, 1.165) is 31.5 Å². The van der Waals surface area contributed by atoms with Crippen LogP contribution in [0, 0.1) is 6.92 Å². The molecule has 1 saturated heterocycles. The van der Waals surface area contributed by atoms with E-state index >= 15 is 0 Å². The van der Waals surface area contributed by atoms with E-state index in [4.69, 9.17) is 0 Å². The van der Waals surface area contributed by atoms with Crippen molar-refractivity contribution in [1.29, 1.82) is 0 Å². The zero-order valence-electron chi connectivity index (χ0n) is 13.6. The summed E-state index contributed by atoms with van der Waals surface area (Å²) in [6.07, 6.45) is 4.82. The van der Waals surface area contributed by atoms with Gasteiger partial charge in [0, 0.05) is 24.5 Å². The number of aromatic amines is 1. The average molecular weight is 344 g/mol. The van der Waals surface area contributed by atoms with Crippen LogP contribution in [0.5, 0.6) is 0 Å². The normalized spacial score (nSPS) is 17.7. The minimum absolute atomic E-state index is 0.0394. The molecule has 24 heavy (non-hydrogen) atoms. The Morgan fingerprint density at radius 1 is 1.42 bits per heavy atom. The number of carbonyl (C=O) groups excluding carboxylic acids is 1. The molecule has 1 aliphatic heterocycles. The Morgan fingerprint density at radius 3 is 3.04 bits per heavy atom. The van der Waals surface area contributed by atoms with E-state index < -0.39 is 0 Å². The number of hydrogen-bond acceptors (Lipinski definition) is 5. The summed E-state index contributed by atoms with van der Waals surface area (Å²) in [6, 6.07) is 7.29. The third-order valence-corrected chi connectivity index (χ3v) is 4.89. The van der Waals surface area contributed by atoms with Gasteiger partial charge in [0.15, 0.2) is 5.16 Å². The van der Waals surface area contributed by atoms with Crippen LogP contribution in [0.2, 0.25) is 0 Å². The predicted octanol–water partition coefficient (Wildman–Crippen LogP) is 2.32. The maximum absolute atomic E-state index is 12.7. The van der Waals surface area contributed by atoms with Crippen LogP contribution in [0.3, 0.4) is 0 Å². The number of nitrogens with one attached hydrogen (secondary N) is 1. The monoisotopic (exact) mass is 344 g/mol. The highest BCUT2D eigenvalue weighted by atomic mass is 32.2. The summed E-state index contributed by atoms with van der Waals surface area (Å²) < 4.78 is 0. The lowest BCUT2D eigenvalue weighted by molar-refractivity contribution is -0.132. The van der Waals surface area contributed by atoms with E-state index in [9.17, 15) is 9.59 Å². The number of rotatable bonds is 4. The summed E-state index contributed by atoms with van der Waals surface area (Å²) in [6.45, 7) is 2.52. The third-order valence-electron chi connectivity index (χ3n) is 4.03. The number of nitrogens with zero attached hydrogens (tertiary/aromatic N) is 3. The van der Waals surface area contributed by atoms with Crippen molar-refractivity contribution in [2.45, 2.75) is 37.4 Å². The molecule has 7 heteroatoms. The summed E-state index contributed by atoms with van der Waals surface area (Å²) >= 11 is 1.27. The second kappa shape index (κ2) is 7.61. The summed E-state index contributed by atoms with van der Waals surface area (Å²) in [4.78, 5) is 37.4. The number of aromatic nitrogens is 3. The summed E-state index contributed by atoms with van der Waals surface area (Å²) in [5, 5.41) is 0.486. The smallest absolute Gasteiger partial charge is 0.251 e. The molecule has 0 radical (unpaired) electrons. The number of piperidine rings is 1.